The van der Waals surface area contributed by atoms with Crippen LogP contribution in [0.25, 0.3) is 4.91 Å². The fourth-order valence-electron chi connectivity index (χ4n) is 3.45. The molecule has 1 aliphatic heterocycles. The number of nitrogens with one attached hydrogen (secondary N) is 2. The molecule has 1 unspecified atom stereocenters. The lowest BCUT2D eigenvalue weighted by Crippen LogP contribution is -2.13. The molecule has 3 heterocycles. The minimum absolute atomic E-state index is 0.447. The van der Waals surface area contributed by atoms with Crippen molar-refractivity contribution in [2.45, 2.75) is 56.1 Å². The standard InChI is InChI=1S/C19H24N6S/c1-10-17(12-4-5-12)22-19(15-7-6-13(9-20)26-15)23-18(10)21-16-8-14(24-25-16)11-2-3-11/h7-8,11-13H,2-6,9,20H2,1H3,(H2,21,22,23,24,25). The van der Waals surface area contributed by atoms with Gasteiger partial charge in [0.25, 0.3) is 0 Å². The molecule has 136 valence electrons. The first-order chi connectivity index (χ1) is 12.7. The fraction of sp³-hybridized carbons (Fsp3) is 0.526. The molecule has 2 saturated carbocycles. The Morgan fingerprint density at radius 2 is 2.04 bits per heavy atom. The molecule has 5 rings (SSSR count). The predicted molar refractivity (Wildman–Crippen MR) is 106 cm³/mol. The first kappa shape index (κ1) is 16.3. The Morgan fingerprint density at radius 3 is 2.73 bits per heavy atom. The largest absolute Gasteiger partial charge is 0.329 e. The molecule has 1 atom stereocenters. The van der Waals surface area contributed by atoms with Crippen molar-refractivity contribution >= 4 is 28.3 Å². The zero-order chi connectivity index (χ0) is 17.7. The highest BCUT2D eigenvalue weighted by Gasteiger charge is 2.30. The molecule has 2 fully saturated rings. The highest BCUT2D eigenvalue weighted by atomic mass is 32.2. The van der Waals surface area contributed by atoms with Gasteiger partial charge >= 0.3 is 0 Å². The first-order valence-corrected chi connectivity index (χ1v) is 10.4. The van der Waals surface area contributed by atoms with Gasteiger partial charge in [-0.3, -0.25) is 5.10 Å². The normalized spacial score (nSPS) is 22.5. The number of nitrogens with zero attached hydrogens (tertiary/aromatic N) is 3. The molecule has 2 aromatic rings. The van der Waals surface area contributed by atoms with Crippen LogP contribution in [-0.4, -0.2) is 32.0 Å². The number of H-pyrrole nitrogens is 1. The maximum atomic E-state index is 5.83. The fourth-order valence-corrected chi connectivity index (χ4v) is 4.49. The van der Waals surface area contributed by atoms with Crippen LogP contribution in [-0.2, 0) is 0 Å². The highest BCUT2D eigenvalue weighted by Crippen LogP contribution is 2.44. The minimum atomic E-state index is 0.447. The van der Waals surface area contributed by atoms with Gasteiger partial charge in [-0.1, -0.05) is 6.08 Å². The number of aromatic nitrogens is 4. The van der Waals surface area contributed by atoms with Crippen LogP contribution >= 0.6 is 11.8 Å². The van der Waals surface area contributed by atoms with E-state index in [-0.39, 0.29) is 0 Å². The number of aromatic amines is 1. The topological polar surface area (TPSA) is 92.5 Å². The van der Waals surface area contributed by atoms with E-state index in [2.05, 4.69) is 34.6 Å². The molecular formula is C19H24N6S. The maximum Gasteiger partial charge on any atom is 0.167 e. The Hall–Kier alpha value is -1.86. The van der Waals surface area contributed by atoms with E-state index in [1.807, 2.05) is 0 Å². The van der Waals surface area contributed by atoms with Gasteiger partial charge in [-0.25, -0.2) is 9.97 Å². The van der Waals surface area contributed by atoms with Crippen molar-refractivity contribution in [3.05, 3.63) is 34.9 Å². The van der Waals surface area contributed by atoms with Gasteiger partial charge in [0.2, 0.25) is 0 Å². The van der Waals surface area contributed by atoms with Crippen LogP contribution in [0.3, 0.4) is 0 Å². The number of anilines is 2. The van der Waals surface area contributed by atoms with E-state index >= 15 is 0 Å². The van der Waals surface area contributed by atoms with Crippen molar-refractivity contribution in [3.63, 3.8) is 0 Å². The number of hydrogen-bond donors (Lipinski definition) is 3. The van der Waals surface area contributed by atoms with Gasteiger partial charge in [-0.2, -0.15) is 5.10 Å². The van der Waals surface area contributed by atoms with Crippen LogP contribution in [0.15, 0.2) is 12.1 Å². The summed E-state index contributed by atoms with van der Waals surface area (Å²) in [6.07, 6.45) is 8.20. The molecule has 0 spiro atoms. The van der Waals surface area contributed by atoms with Gasteiger partial charge in [0.15, 0.2) is 11.6 Å². The van der Waals surface area contributed by atoms with Crippen LogP contribution in [0.4, 0.5) is 11.6 Å². The Morgan fingerprint density at radius 1 is 1.23 bits per heavy atom. The van der Waals surface area contributed by atoms with Gasteiger partial charge in [-0.05, 0) is 39.0 Å². The smallest absolute Gasteiger partial charge is 0.167 e. The van der Waals surface area contributed by atoms with Gasteiger partial charge in [-0.15, -0.1) is 11.8 Å². The average Bonchev–Trinajstić information content (AvgIpc) is 3.58. The van der Waals surface area contributed by atoms with Gasteiger partial charge in [0.1, 0.15) is 5.82 Å². The molecule has 0 aromatic carbocycles. The summed E-state index contributed by atoms with van der Waals surface area (Å²) in [5, 5.41) is 11.5. The van der Waals surface area contributed by atoms with E-state index < -0.39 is 0 Å². The molecule has 0 amide bonds. The number of allylic oxidation sites excluding steroid dienone is 1. The van der Waals surface area contributed by atoms with E-state index in [1.165, 1.54) is 37.1 Å². The second kappa shape index (κ2) is 6.39. The molecule has 3 aliphatic rings. The molecule has 0 bridgehead atoms. The lowest BCUT2D eigenvalue weighted by atomic mass is 10.1. The monoisotopic (exact) mass is 368 g/mol. The van der Waals surface area contributed by atoms with Crippen LogP contribution in [0.2, 0.25) is 0 Å². The molecule has 26 heavy (non-hydrogen) atoms. The molecule has 2 aromatic heterocycles. The molecule has 2 aliphatic carbocycles. The lowest BCUT2D eigenvalue weighted by Gasteiger charge is -2.13. The summed E-state index contributed by atoms with van der Waals surface area (Å²) in [6.45, 7) is 2.81. The molecule has 0 saturated heterocycles. The predicted octanol–water partition coefficient (Wildman–Crippen LogP) is 3.81. The van der Waals surface area contributed by atoms with Crippen LogP contribution < -0.4 is 11.1 Å². The maximum absolute atomic E-state index is 5.83. The summed E-state index contributed by atoms with van der Waals surface area (Å²) in [6, 6.07) is 2.11. The third-order valence-corrected chi connectivity index (χ3v) is 6.67. The van der Waals surface area contributed by atoms with Gasteiger partial charge in [0.05, 0.1) is 5.69 Å². The van der Waals surface area contributed by atoms with E-state index in [4.69, 9.17) is 15.7 Å². The number of hydrogen-bond acceptors (Lipinski definition) is 6. The van der Waals surface area contributed by atoms with E-state index in [9.17, 15) is 0 Å². The van der Waals surface area contributed by atoms with E-state index in [1.54, 1.807) is 11.8 Å². The van der Waals surface area contributed by atoms with Crippen molar-refractivity contribution in [1.29, 1.82) is 0 Å². The highest BCUT2D eigenvalue weighted by molar-refractivity contribution is 8.09. The van der Waals surface area contributed by atoms with Gasteiger partial charge in [0, 0.05) is 45.9 Å². The molecule has 4 N–H and O–H groups in total. The summed E-state index contributed by atoms with van der Waals surface area (Å²) >= 11 is 1.80. The minimum Gasteiger partial charge on any atom is -0.329 e. The Kier molecular flexibility index (Phi) is 4.01. The third-order valence-electron chi connectivity index (χ3n) is 5.35. The average molecular weight is 369 g/mol. The zero-order valence-electron chi connectivity index (χ0n) is 15.0. The number of rotatable bonds is 6. The Balaban J connectivity index is 1.46. The molecule has 7 heteroatoms. The van der Waals surface area contributed by atoms with Crippen LogP contribution in [0.1, 0.15) is 66.7 Å². The third kappa shape index (κ3) is 3.14. The van der Waals surface area contributed by atoms with Gasteiger partial charge < -0.3 is 11.1 Å². The Labute approximate surface area is 157 Å². The SMILES string of the molecule is Cc1c(Nc2cc(C3CC3)[nH]n2)nc(C2=CCC(CN)S2)nc1C1CC1. The summed E-state index contributed by atoms with van der Waals surface area (Å²) in [5.41, 5.74) is 9.39. The first-order valence-electron chi connectivity index (χ1n) is 9.49. The summed E-state index contributed by atoms with van der Waals surface area (Å²) in [5.74, 6) is 3.79. The van der Waals surface area contributed by atoms with Crippen molar-refractivity contribution < 1.29 is 0 Å². The van der Waals surface area contributed by atoms with Crippen molar-refractivity contribution in [2.24, 2.45) is 5.73 Å². The second-order valence-corrected chi connectivity index (χ2v) is 8.91. The number of thioether (sulfide) groups is 1. The lowest BCUT2D eigenvalue weighted by molar-refractivity contribution is 0.889. The molecule has 0 radical (unpaired) electrons. The summed E-state index contributed by atoms with van der Waals surface area (Å²) in [4.78, 5) is 10.9. The van der Waals surface area contributed by atoms with Crippen LogP contribution in [0.5, 0.6) is 0 Å². The molecule has 6 nitrogen and oxygen atoms in total. The van der Waals surface area contributed by atoms with Crippen molar-refractivity contribution in [1.82, 2.24) is 20.2 Å². The molecular weight excluding hydrogens is 344 g/mol. The zero-order valence-corrected chi connectivity index (χ0v) is 15.8. The van der Waals surface area contributed by atoms with Crippen molar-refractivity contribution in [2.75, 3.05) is 11.9 Å². The van der Waals surface area contributed by atoms with E-state index in [0.717, 1.165) is 34.3 Å². The summed E-state index contributed by atoms with van der Waals surface area (Å²) in [7, 11) is 0. The number of nitrogens with two attached hydrogens (primary N) is 1. The summed E-state index contributed by atoms with van der Waals surface area (Å²) < 4.78 is 0. The van der Waals surface area contributed by atoms with E-state index in [0.29, 0.717) is 23.6 Å². The Bertz CT molecular complexity index is 865. The quantitative estimate of drug-likeness (QED) is 0.718. The second-order valence-electron chi connectivity index (χ2n) is 7.57. The van der Waals surface area contributed by atoms with Crippen molar-refractivity contribution in [3.8, 4) is 0 Å². The van der Waals surface area contributed by atoms with Crippen LogP contribution in [0, 0.1) is 6.92 Å².